The van der Waals surface area contributed by atoms with Gasteiger partial charge < -0.3 is 15.5 Å². The number of rotatable bonds is 5. The molecule has 2 saturated heterocycles. The zero-order valence-electron chi connectivity index (χ0n) is 15.8. The average Bonchev–Trinajstić information content (AvgIpc) is 3.30. The van der Waals surface area contributed by atoms with Crippen LogP contribution in [0.15, 0.2) is 30.3 Å². The first-order valence-electron chi connectivity index (χ1n) is 9.69. The third-order valence-corrected chi connectivity index (χ3v) is 5.72. The molecule has 3 fully saturated rings. The highest BCUT2D eigenvalue weighted by atomic mass is 16.2. The molecule has 2 heterocycles. The van der Waals surface area contributed by atoms with Crippen molar-refractivity contribution in [1.29, 1.82) is 0 Å². The van der Waals surface area contributed by atoms with Crippen LogP contribution >= 0.6 is 0 Å². The fourth-order valence-corrected chi connectivity index (χ4v) is 3.90. The van der Waals surface area contributed by atoms with Crippen LogP contribution in [0.1, 0.15) is 38.2 Å². The molecule has 1 aromatic rings. The van der Waals surface area contributed by atoms with E-state index in [1.807, 2.05) is 6.07 Å². The summed E-state index contributed by atoms with van der Waals surface area (Å²) in [7, 11) is 0. The van der Waals surface area contributed by atoms with E-state index in [2.05, 4.69) is 10.6 Å². The predicted octanol–water partition coefficient (Wildman–Crippen LogP) is 0.723. The first-order valence-corrected chi connectivity index (χ1v) is 9.69. The molecule has 28 heavy (non-hydrogen) atoms. The lowest BCUT2D eigenvalue weighted by atomic mass is 9.92. The normalized spacial score (nSPS) is 27.1. The Bertz CT molecular complexity index is 823. The number of carbonyl (C=O) groups is 4. The molecular weight excluding hydrogens is 360 g/mol. The largest absolute Gasteiger partial charge is 0.352 e. The van der Waals surface area contributed by atoms with Gasteiger partial charge in [-0.05, 0) is 38.2 Å². The molecule has 5 amide bonds. The second-order valence-corrected chi connectivity index (χ2v) is 7.84. The van der Waals surface area contributed by atoms with Crippen molar-refractivity contribution in [2.24, 2.45) is 0 Å². The molecule has 2 aliphatic heterocycles. The topological polar surface area (TPSA) is 98.8 Å². The molecule has 4 rings (SSSR count). The Labute approximate surface area is 163 Å². The molecule has 2 N–H and O–H groups in total. The van der Waals surface area contributed by atoms with Crippen molar-refractivity contribution in [3.05, 3.63) is 35.9 Å². The second kappa shape index (κ2) is 6.92. The summed E-state index contributed by atoms with van der Waals surface area (Å²) in [6.45, 7) is 1.73. The number of likely N-dealkylation sites (tertiary alicyclic amines) is 1. The minimum absolute atomic E-state index is 0.139. The van der Waals surface area contributed by atoms with Crippen LogP contribution in [-0.4, -0.2) is 58.7 Å². The fourth-order valence-electron chi connectivity index (χ4n) is 3.90. The molecule has 148 valence electrons. The second-order valence-electron chi connectivity index (χ2n) is 7.84. The number of carbonyl (C=O) groups excluding carboxylic acids is 4. The van der Waals surface area contributed by atoms with Crippen molar-refractivity contribution < 1.29 is 19.2 Å². The minimum Gasteiger partial charge on any atom is -0.352 e. The number of nitrogens with one attached hydrogen (secondary N) is 2. The molecular formula is C20H24N4O4. The summed E-state index contributed by atoms with van der Waals surface area (Å²) in [5, 5.41) is 5.63. The van der Waals surface area contributed by atoms with Crippen molar-refractivity contribution in [3.63, 3.8) is 0 Å². The van der Waals surface area contributed by atoms with E-state index in [0.717, 1.165) is 24.2 Å². The van der Waals surface area contributed by atoms with Crippen LogP contribution in [0, 0.1) is 0 Å². The van der Waals surface area contributed by atoms with Crippen molar-refractivity contribution in [1.82, 2.24) is 20.4 Å². The van der Waals surface area contributed by atoms with Gasteiger partial charge in [-0.3, -0.25) is 19.3 Å². The molecule has 0 spiro atoms. The molecule has 0 bridgehead atoms. The van der Waals surface area contributed by atoms with Crippen LogP contribution in [0.4, 0.5) is 4.79 Å². The van der Waals surface area contributed by atoms with E-state index >= 15 is 0 Å². The summed E-state index contributed by atoms with van der Waals surface area (Å²) in [6.07, 6.45) is 3.29. The number of imide groups is 1. The standard InChI is InChI=1S/C20H24N4O4/c1-20(13-6-3-2-4-7-13)18(27)24(19(28)22-20)12-16(25)23-11-5-8-15(23)17(26)21-14-9-10-14/h2-4,6-7,14-15H,5,8-12H2,1H3,(H,21,26)(H,22,28). The molecule has 2 atom stereocenters. The van der Waals surface area contributed by atoms with Crippen LogP contribution in [0.25, 0.3) is 0 Å². The molecule has 2 unspecified atom stereocenters. The molecule has 1 aliphatic carbocycles. The maximum absolute atomic E-state index is 13.0. The number of amides is 5. The average molecular weight is 384 g/mol. The molecule has 1 saturated carbocycles. The Morgan fingerprint density at radius 3 is 2.57 bits per heavy atom. The van der Waals surface area contributed by atoms with E-state index in [9.17, 15) is 19.2 Å². The van der Waals surface area contributed by atoms with E-state index in [1.165, 1.54) is 4.90 Å². The lowest BCUT2D eigenvalue weighted by Crippen LogP contribution is -2.50. The van der Waals surface area contributed by atoms with Gasteiger partial charge in [-0.25, -0.2) is 4.79 Å². The smallest absolute Gasteiger partial charge is 0.325 e. The lowest BCUT2D eigenvalue weighted by Gasteiger charge is -2.26. The third-order valence-electron chi connectivity index (χ3n) is 5.72. The van der Waals surface area contributed by atoms with Gasteiger partial charge in [0.15, 0.2) is 0 Å². The van der Waals surface area contributed by atoms with E-state index < -0.39 is 23.5 Å². The van der Waals surface area contributed by atoms with Crippen LogP contribution in [-0.2, 0) is 19.9 Å². The van der Waals surface area contributed by atoms with Crippen LogP contribution in [0.3, 0.4) is 0 Å². The zero-order valence-corrected chi connectivity index (χ0v) is 15.8. The zero-order chi connectivity index (χ0) is 19.9. The molecule has 0 radical (unpaired) electrons. The van der Waals surface area contributed by atoms with Gasteiger partial charge in [-0.15, -0.1) is 0 Å². The van der Waals surface area contributed by atoms with Crippen molar-refractivity contribution >= 4 is 23.8 Å². The number of hydrogen-bond donors (Lipinski definition) is 2. The van der Waals surface area contributed by atoms with Gasteiger partial charge >= 0.3 is 6.03 Å². The summed E-state index contributed by atoms with van der Waals surface area (Å²) < 4.78 is 0. The molecule has 1 aromatic carbocycles. The summed E-state index contributed by atoms with van der Waals surface area (Å²) >= 11 is 0. The van der Waals surface area contributed by atoms with Gasteiger partial charge in [0.05, 0.1) is 0 Å². The Kier molecular flexibility index (Phi) is 4.56. The lowest BCUT2D eigenvalue weighted by molar-refractivity contribution is -0.142. The molecule has 0 aromatic heterocycles. The predicted molar refractivity (Wildman–Crippen MR) is 99.9 cm³/mol. The summed E-state index contributed by atoms with van der Waals surface area (Å²) in [4.78, 5) is 53.1. The quantitative estimate of drug-likeness (QED) is 0.731. The van der Waals surface area contributed by atoms with E-state index in [4.69, 9.17) is 0 Å². The summed E-state index contributed by atoms with van der Waals surface area (Å²) in [6, 6.07) is 8.06. The number of hydrogen-bond acceptors (Lipinski definition) is 4. The highest BCUT2D eigenvalue weighted by Crippen LogP contribution is 2.29. The Balaban J connectivity index is 1.46. The van der Waals surface area contributed by atoms with Gasteiger partial charge in [0.1, 0.15) is 18.1 Å². The van der Waals surface area contributed by atoms with Crippen molar-refractivity contribution in [2.45, 2.75) is 50.2 Å². The van der Waals surface area contributed by atoms with Crippen molar-refractivity contribution in [3.8, 4) is 0 Å². The molecule has 8 nitrogen and oxygen atoms in total. The number of nitrogens with zero attached hydrogens (tertiary/aromatic N) is 2. The maximum Gasteiger partial charge on any atom is 0.325 e. The van der Waals surface area contributed by atoms with Crippen molar-refractivity contribution in [2.75, 3.05) is 13.1 Å². The Morgan fingerprint density at radius 2 is 1.89 bits per heavy atom. The van der Waals surface area contributed by atoms with E-state index in [-0.39, 0.29) is 24.4 Å². The third kappa shape index (κ3) is 3.23. The van der Waals surface area contributed by atoms with Gasteiger partial charge in [0.25, 0.3) is 5.91 Å². The first kappa shape index (κ1) is 18.5. The molecule has 3 aliphatic rings. The summed E-state index contributed by atoms with van der Waals surface area (Å²) in [5.41, 5.74) is -0.544. The first-order chi connectivity index (χ1) is 13.4. The maximum atomic E-state index is 13.0. The fraction of sp³-hybridized carbons (Fsp3) is 0.500. The van der Waals surface area contributed by atoms with E-state index in [1.54, 1.807) is 31.2 Å². The monoisotopic (exact) mass is 384 g/mol. The highest BCUT2D eigenvalue weighted by molar-refractivity contribution is 6.09. The minimum atomic E-state index is -1.20. The summed E-state index contributed by atoms with van der Waals surface area (Å²) in [5.74, 6) is -0.982. The highest BCUT2D eigenvalue weighted by Gasteiger charge is 2.50. The number of benzene rings is 1. The molecule has 8 heteroatoms. The van der Waals surface area contributed by atoms with Crippen LogP contribution in [0.5, 0.6) is 0 Å². The Morgan fingerprint density at radius 1 is 1.18 bits per heavy atom. The van der Waals surface area contributed by atoms with Gasteiger partial charge in [0, 0.05) is 12.6 Å². The van der Waals surface area contributed by atoms with Gasteiger partial charge in [-0.2, -0.15) is 0 Å². The van der Waals surface area contributed by atoms with Gasteiger partial charge in [0.2, 0.25) is 11.8 Å². The van der Waals surface area contributed by atoms with Crippen LogP contribution < -0.4 is 10.6 Å². The van der Waals surface area contributed by atoms with E-state index in [0.29, 0.717) is 18.5 Å². The SMILES string of the molecule is CC1(c2ccccc2)NC(=O)N(CC(=O)N2CCCC2C(=O)NC2CC2)C1=O. The number of urea groups is 1. The van der Waals surface area contributed by atoms with Crippen LogP contribution in [0.2, 0.25) is 0 Å². The van der Waals surface area contributed by atoms with Gasteiger partial charge in [-0.1, -0.05) is 30.3 Å². The Hall–Kier alpha value is -2.90.